The predicted octanol–water partition coefficient (Wildman–Crippen LogP) is 7.34. The van der Waals surface area contributed by atoms with Crippen LogP contribution in [0.15, 0.2) is 65.9 Å². The number of rotatable bonds is 6. The first-order chi connectivity index (χ1) is 18.7. The van der Waals surface area contributed by atoms with E-state index < -0.39 is 17.9 Å². The zero-order valence-electron chi connectivity index (χ0n) is 22.3. The Morgan fingerprint density at radius 2 is 1.67 bits per heavy atom. The summed E-state index contributed by atoms with van der Waals surface area (Å²) in [5, 5.41) is 0.952. The fourth-order valence-corrected chi connectivity index (χ4v) is 6.66. The Morgan fingerprint density at radius 1 is 1.03 bits per heavy atom. The van der Waals surface area contributed by atoms with Gasteiger partial charge in [-0.15, -0.1) is 11.3 Å². The molecule has 0 bridgehead atoms. The van der Waals surface area contributed by atoms with E-state index in [9.17, 15) is 9.59 Å². The van der Waals surface area contributed by atoms with Crippen LogP contribution in [0.5, 0.6) is 0 Å². The Labute approximate surface area is 237 Å². The molecule has 0 radical (unpaired) electrons. The fourth-order valence-electron chi connectivity index (χ4n) is 5.37. The Hall–Kier alpha value is -3.55. The van der Waals surface area contributed by atoms with E-state index in [0.717, 1.165) is 21.6 Å². The van der Waals surface area contributed by atoms with Gasteiger partial charge >= 0.3 is 11.9 Å². The van der Waals surface area contributed by atoms with Gasteiger partial charge < -0.3 is 19.9 Å². The maximum absolute atomic E-state index is 13.8. The summed E-state index contributed by atoms with van der Waals surface area (Å²) in [6.45, 7) is 8.15. The van der Waals surface area contributed by atoms with Crippen LogP contribution in [0.2, 0.25) is 5.02 Å². The summed E-state index contributed by atoms with van der Waals surface area (Å²) >= 11 is 7.65. The summed E-state index contributed by atoms with van der Waals surface area (Å²) in [4.78, 5) is 28.0. The van der Waals surface area contributed by atoms with Gasteiger partial charge in [0.25, 0.3) is 0 Å². The average molecular weight is 564 g/mol. The van der Waals surface area contributed by atoms with Crippen molar-refractivity contribution in [2.75, 3.05) is 18.9 Å². The van der Waals surface area contributed by atoms with Crippen LogP contribution in [-0.4, -0.2) is 25.2 Å². The highest BCUT2D eigenvalue weighted by Crippen LogP contribution is 2.58. The molecule has 3 aromatic rings. The van der Waals surface area contributed by atoms with Crippen molar-refractivity contribution in [1.29, 1.82) is 0 Å². The number of benzene rings is 2. The van der Waals surface area contributed by atoms with Crippen molar-refractivity contribution < 1.29 is 23.8 Å². The van der Waals surface area contributed by atoms with Crippen LogP contribution in [0.25, 0.3) is 11.3 Å². The van der Waals surface area contributed by atoms with Gasteiger partial charge in [-0.3, -0.25) is 0 Å². The minimum Gasteiger partial charge on any atom is -0.463 e. The fraction of sp³-hybridized carbons (Fsp3) is 0.290. The number of allylic oxidation sites excluding steroid dienone is 2. The molecule has 202 valence electrons. The molecule has 0 spiro atoms. The number of carbonyl (C=O) groups is 2. The summed E-state index contributed by atoms with van der Waals surface area (Å²) in [5.74, 6) is -0.467. The number of ether oxygens (including phenoxy) is 3. The maximum atomic E-state index is 13.8. The van der Waals surface area contributed by atoms with Crippen molar-refractivity contribution in [1.82, 2.24) is 0 Å². The molecule has 6 nitrogen and oxygen atoms in total. The Bertz CT molecular complexity index is 1500. The van der Waals surface area contributed by atoms with E-state index in [2.05, 4.69) is 13.8 Å². The van der Waals surface area contributed by atoms with Crippen LogP contribution >= 0.6 is 22.9 Å². The molecular weight excluding hydrogens is 534 g/mol. The van der Waals surface area contributed by atoms with Gasteiger partial charge in [-0.25, -0.2) is 9.59 Å². The van der Waals surface area contributed by atoms with E-state index in [1.807, 2.05) is 42.5 Å². The Balaban J connectivity index is 1.86. The van der Waals surface area contributed by atoms with Crippen molar-refractivity contribution in [3.63, 3.8) is 0 Å². The molecule has 0 saturated carbocycles. The third-order valence-corrected chi connectivity index (χ3v) is 8.62. The van der Waals surface area contributed by atoms with Crippen molar-refractivity contribution in [2.45, 2.75) is 45.4 Å². The number of anilines is 1. The monoisotopic (exact) mass is 563 g/mol. The molecule has 2 heterocycles. The third-order valence-electron chi connectivity index (χ3n) is 6.98. The summed E-state index contributed by atoms with van der Waals surface area (Å²) < 4.78 is 17.7. The first-order valence-corrected chi connectivity index (χ1v) is 14.1. The van der Waals surface area contributed by atoms with E-state index in [4.69, 9.17) is 31.5 Å². The lowest BCUT2D eigenvalue weighted by Gasteiger charge is -2.40. The second kappa shape index (κ2) is 10.5. The highest BCUT2D eigenvalue weighted by molar-refractivity contribution is 7.16. The molecule has 1 aromatic heterocycles. The zero-order chi connectivity index (χ0) is 27.9. The molecule has 1 aliphatic heterocycles. The highest BCUT2D eigenvalue weighted by atomic mass is 35.5. The van der Waals surface area contributed by atoms with Gasteiger partial charge in [0.1, 0.15) is 22.1 Å². The average Bonchev–Trinajstić information content (AvgIpc) is 3.27. The standard InChI is InChI=1S/C31H30ClNO5S/c1-5-36-29(34)24-21(17-12-14-19(32)15-13-17)22-20(38-26(24)18-10-8-7-9-11-18)16-31(3,4)27-23(22)25(28(33)39-27)30(35)37-6-2/h7-15,21H,5-6,16,33H2,1-4H3. The maximum Gasteiger partial charge on any atom is 0.341 e. The first kappa shape index (κ1) is 27.0. The number of esters is 2. The SMILES string of the molecule is CCOC(=O)C1=C(c2ccccc2)OC2=C(c3c(sc(N)c3C(=O)OCC)C(C)(C)C2)C1c1ccc(Cl)cc1. The molecule has 8 heteroatoms. The van der Waals surface area contributed by atoms with Gasteiger partial charge in [-0.05, 0) is 31.5 Å². The van der Waals surface area contributed by atoms with E-state index in [0.29, 0.717) is 44.7 Å². The van der Waals surface area contributed by atoms with Gasteiger partial charge in [0.05, 0.1) is 18.8 Å². The Kier molecular flexibility index (Phi) is 7.31. The van der Waals surface area contributed by atoms with Crippen LogP contribution in [0.1, 0.15) is 72.0 Å². The number of nitrogens with two attached hydrogens (primary N) is 1. The molecule has 2 aromatic carbocycles. The number of hydrogen-bond acceptors (Lipinski definition) is 7. The summed E-state index contributed by atoms with van der Waals surface area (Å²) in [5.41, 5.74) is 9.75. The zero-order valence-corrected chi connectivity index (χ0v) is 23.9. The number of thiophene rings is 1. The van der Waals surface area contributed by atoms with Crippen molar-refractivity contribution >= 4 is 51.2 Å². The minimum atomic E-state index is -0.600. The normalized spacial score (nSPS) is 17.7. The molecule has 0 amide bonds. The second-order valence-electron chi connectivity index (χ2n) is 10.1. The van der Waals surface area contributed by atoms with Crippen LogP contribution in [0.4, 0.5) is 5.00 Å². The molecule has 2 aliphatic rings. The lowest BCUT2D eigenvalue weighted by molar-refractivity contribution is -0.138. The molecule has 5 rings (SSSR count). The van der Waals surface area contributed by atoms with Crippen molar-refractivity contribution in [3.05, 3.63) is 98.1 Å². The molecule has 2 N–H and O–H groups in total. The summed E-state index contributed by atoms with van der Waals surface area (Å²) in [6.07, 6.45) is 0.550. The van der Waals surface area contributed by atoms with Crippen molar-refractivity contribution in [3.8, 4) is 0 Å². The van der Waals surface area contributed by atoms with Gasteiger partial charge in [0, 0.05) is 44.4 Å². The topological polar surface area (TPSA) is 87.9 Å². The Morgan fingerprint density at radius 3 is 2.31 bits per heavy atom. The van der Waals surface area contributed by atoms with Crippen LogP contribution in [-0.2, 0) is 24.4 Å². The number of carbonyl (C=O) groups excluding carboxylic acids is 2. The number of hydrogen-bond donors (Lipinski definition) is 1. The molecule has 0 saturated heterocycles. The van der Waals surface area contributed by atoms with Crippen LogP contribution < -0.4 is 5.73 Å². The van der Waals surface area contributed by atoms with E-state index in [1.165, 1.54) is 11.3 Å². The first-order valence-electron chi connectivity index (χ1n) is 12.9. The van der Waals surface area contributed by atoms with Gasteiger partial charge in [-0.1, -0.05) is 67.9 Å². The second-order valence-corrected chi connectivity index (χ2v) is 11.6. The van der Waals surface area contributed by atoms with E-state index in [-0.39, 0.29) is 18.6 Å². The predicted molar refractivity (Wildman–Crippen MR) is 155 cm³/mol. The largest absolute Gasteiger partial charge is 0.463 e. The molecule has 1 atom stereocenters. The summed E-state index contributed by atoms with van der Waals surface area (Å²) in [6, 6.07) is 16.9. The van der Waals surface area contributed by atoms with E-state index in [1.54, 1.807) is 26.0 Å². The minimum absolute atomic E-state index is 0.196. The van der Waals surface area contributed by atoms with Gasteiger partial charge in [-0.2, -0.15) is 0 Å². The third kappa shape index (κ3) is 4.74. The molecule has 1 aliphatic carbocycles. The highest BCUT2D eigenvalue weighted by Gasteiger charge is 2.47. The lowest BCUT2D eigenvalue weighted by Crippen LogP contribution is -2.31. The molecule has 1 unspecified atom stereocenters. The summed E-state index contributed by atoms with van der Waals surface area (Å²) in [7, 11) is 0. The van der Waals surface area contributed by atoms with Gasteiger partial charge in [0.15, 0.2) is 0 Å². The quantitative estimate of drug-likeness (QED) is 0.316. The smallest absolute Gasteiger partial charge is 0.341 e. The van der Waals surface area contributed by atoms with Gasteiger partial charge in [0.2, 0.25) is 0 Å². The number of nitrogen functional groups attached to an aromatic ring is 1. The molecule has 39 heavy (non-hydrogen) atoms. The molecule has 0 fully saturated rings. The molecular formula is C31H30ClNO5S. The van der Waals surface area contributed by atoms with Crippen LogP contribution in [0, 0.1) is 0 Å². The number of fused-ring (bicyclic) bond motifs is 2. The van der Waals surface area contributed by atoms with Crippen LogP contribution in [0.3, 0.4) is 0 Å². The number of halogens is 1. The van der Waals surface area contributed by atoms with E-state index >= 15 is 0 Å². The van der Waals surface area contributed by atoms with Crippen molar-refractivity contribution in [2.24, 2.45) is 0 Å². The lowest BCUT2D eigenvalue weighted by atomic mass is 9.69.